The summed E-state index contributed by atoms with van der Waals surface area (Å²) < 4.78 is 0. The van der Waals surface area contributed by atoms with Gasteiger partial charge in [-0.15, -0.1) is 0 Å². The average molecular weight is 471 g/mol. The standard InChI is InChI=1S/C29H46N2O3/c1-25(2)21-9-12-27(4)22(26(21,3)17-19-24(25)31-14-13-30-19)16-20(33)23-18(8-11-28(23,27)5)29(6,34)10-7-15-32/h13-14,18,20-23,32-34H,7-12,15-17H2,1-6H3/t18-,20+,21-,22+,23-,26-,27+,28+,29-/m0/s1. The second kappa shape index (κ2) is 7.73. The van der Waals surface area contributed by atoms with Crippen LogP contribution in [0.3, 0.4) is 0 Å². The van der Waals surface area contributed by atoms with E-state index in [1.165, 1.54) is 18.5 Å². The van der Waals surface area contributed by atoms with E-state index in [1.54, 1.807) is 0 Å². The van der Waals surface area contributed by atoms with Crippen LogP contribution in [0.25, 0.3) is 0 Å². The molecule has 9 atom stereocenters. The van der Waals surface area contributed by atoms with Crippen LogP contribution in [-0.4, -0.2) is 43.6 Å². The Morgan fingerprint density at radius 1 is 1.00 bits per heavy atom. The van der Waals surface area contributed by atoms with Crippen LogP contribution >= 0.6 is 0 Å². The third-order valence-electron chi connectivity index (χ3n) is 12.1. The third kappa shape index (κ3) is 3.08. The molecule has 0 bridgehead atoms. The Balaban J connectivity index is 1.55. The number of aliphatic hydroxyl groups excluding tert-OH is 2. The maximum Gasteiger partial charge on any atom is 0.0678 e. The fourth-order valence-corrected chi connectivity index (χ4v) is 10.4. The molecule has 4 aliphatic carbocycles. The van der Waals surface area contributed by atoms with E-state index in [-0.39, 0.29) is 40.1 Å². The first-order chi connectivity index (χ1) is 15.8. The van der Waals surface area contributed by atoms with Crippen LogP contribution in [0.15, 0.2) is 12.4 Å². The fraction of sp³-hybridized carbons (Fsp3) is 0.862. The van der Waals surface area contributed by atoms with Gasteiger partial charge in [-0.1, -0.05) is 34.6 Å². The molecule has 5 nitrogen and oxygen atoms in total. The summed E-state index contributed by atoms with van der Waals surface area (Å²) in [5.74, 6) is 1.10. The van der Waals surface area contributed by atoms with Gasteiger partial charge in [-0.3, -0.25) is 9.97 Å². The van der Waals surface area contributed by atoms with E-state index in [0.29, 0.717) is 24.7 Å². The van der Waals surface area contributed by atoms with Gasteiger partial charge in [0.05, 0.1) is 23.1 Å². The molecular formula is C29H46N2O3. The molecule has 0 saturated heterocycles. The molecule has 3 fully saturated rings. The van der Waals surface area contributed by atoms with Crippen molar-refractivity contribution in [3.63, 3.8) is 0 Å². The Kier molecular flexibility index (Phi) is 5.60. The summed E-state index contributed by atoms with van der Waals surface area (Å²) in [6.07, 6.45) is 10.6. The van der Waals surface area contributed by atoms with Crippen molar-refractivity contribution >= 4 is 0 Å². The molecule has 34 heavy (non-hydrogen) atoms. The van der Waals surface area contributed by atoms with Gasteiger partial charge in [-0.05, 0) is 98.2 Å². The predicted octanol–water partition coefficient (Wildman–Crippen LogP) is 4.67. The minimum Gasteiger partial charge on any atom is -0.396 e. The number of nitrogens with zero attached hydrogens (tertiary/aromatic N) is 2. The minimum atomic E-state index is -0.849. The quantitative estimate of drug-likeness (QED) is 0.595. The van der Waals surface area contributed by atoms with Crippen molar-refractivity contribution in [1.82, 2.24) is 9.97 Å². The molecule has 1 aromatic heterocycles. The second-order valence-electron chi connectivity index (χ2n) is 13.9. The SMILES string of the molecule is CC1(C)c2nccnc2C[C@]2(C)[C@H]3C[C@@H](O)[C@@H]4[C@@H]([C@@](C)(O)CCCO)CC[C@@]4(C)[C@]3(C)CC[C@@H]12. The molecule has 0 radical (unpaired) electrons. The van der Waals surface area contributed by atoms with E-state index in [2.05, 4.69) is 34.6 Å². The number of aliphatic hydroxyl groups is 3. The molecule has 5 heteroatoms. The maximum absolute atomic E-state index is 11.8. The van der Waals surface area contributed by atoms with Crippen LogP contribution in [0.5, 0.6) is 0 Å². The van der Waals surface area contributed by atoms with E-state index in [4.69, 9.17) is 9.97 Å². The van der Waals surface area contributed by atoms with Crippen LogP contribution in [0.1, 0.15) is 97.9 Å². The van der Waals surface area contributed by atoms with Gasteiger partial charge in [0.25, 0.3) is 0 Å². The van der Waals surface area contributed by atoms with Gasteiger partial charge in [0.2, 0.25) is 0 Å². The van der Waals surface area contributed by atoms with E-state index >= 15 is 0 Å². The minimum absolute atomic E-state index is 0.00995. The van der Waals surface area contributed by atoms with Crippen molar-refractivity contribution < 1.29 is 15.3 Å². The van der Waals surface area contributed by atoms with Crippen molar-refractivity contribution in [3.8, 4) is 0 Å². The van der Waals surface area contributed by atoms with Crippen molar-refractivity contribution in [2.24, 2.45) is 39.9 Å². The Morgan fingerprint density at radius 2 is 1.68 bits per heavy atom. The Hall–Kier alpha value is -1.04. The second-order valence-corrected chi connectivity index (χ2v) is 13.9. The van der Waals surface area contributed by atoms with Crippen molar-refractivity contribution in [2.75, 3.05) is 6.61 Å². The van der Waals surface area contributed by atoms with Gasteiger partial charge in [-0.2, -0.15) is 0 Å². The molecule has 0 amide bonds. The lowest BCUT2D eigenvalue weighted by molar-refractivity contribution is -0.224. The maximum atomic E-state index is 11.8. The highest BCUT2D eigenvalue weighted by Gasteiger charge is 2.71. The van der Waals surface area contributed by atoms with E-state index < -0.39 is 11.7 Å². The summed E-state index contributed by atoms with van der Waals surface area (Å²) in [5, 5.41) is 32.7. The highest BCUT2D eigenvalue weighted by Crippen LogP contribution is 2.75. The zero-order valence-electron chi connectivity index (χ0n) is 22.1. The molecule has 3 saturated carbocycles. The monoisotopic (exact) mass is 470 g/mol. The Morgan fingerprint density at radius 3 is 2.38 bits per heavy atom. The molecule has 190 valence electrons. The van der Waals surface area contributed by atoms with Crippen LogP contribution in [-0.2, 0) is 11.8 Å². The van der Waals surface area contributed by atoms with Crippen LogP contribution < -0.4 is 0 Å². The topological polar surface area (TPSA) is 86.5 Å². The summed E-state index contributed by atoms with van der Waals surface area (Å²) in [4.78, 5) is 9.61. The van der Waals surface area contributed by atoms with Gasteiger partial charge in [0.15, 0.2) is 0 Å². The molecule has 5 rings (SSSR count). The first-order valence-corrected chi connectivity index (χ1v) is 13.6. The highest BCUT2D eigenvalue weighted by atomic mass is 16.3. The number of fused-ring (bicyclic) bond motifs is 6. The van der Waals surface area contributed by atoms with Crippen LogP contribution in [0.4, 0.5) is 0 Å². The largest absolute Gasteiger partial charge is 0.396 e. The molecule has 0 aliphatic heterocycles. The summed E-state index contributed by atoms with van der Waals surface area (Å²) in [5.41, 5.74) is 1.59. The van der Waals surface area contributed by atoms with Gasteiger partial charge >= 0.3 is 0 Å². The van der Waals surface area contributed by atoms with Gasteiger partial charge in [-0.25, -0.2) is 0 Å². The zero-order chi connectivity index (χ0) is 24.7. The fourth-order valence-electron chi connectivity index (χ4n) is 10.4. The number of hydrogen-bond donors (Lipinski definition) is 3. The lowest BCUT2D eigenvalue weighted by atomic mass is 9.35. The molecule has 3 N–H and O–H groups in total. The van der Waals surface area contributed by atoms with Crippen LogP contribution in [0.2, 0.25) is 0 Å². The first-order valence-electron chi connectivity index (χ1n) is 13.6. The van der Waals surface area contributed by atoms with Gasteiger partial charge in [0, 0.05) is 24.4 Å². The zero-order valence-corrected chi connectivity index (χ0v) is 22.1. The average Bonchev–Trinajstić information content (AvgIpc) is 3.15. The van der Waals surface area contributed by atoms with E-state index in [0.717, 1.165) is 31.4 Å². The molecule has 4 aliphatic rings. The summed E-state index contributed by atoms with van der Waals surface area (Å²) >= 11 is 0. The highest BCUT2D eigenvalue weighted by molar-refractivity contribution is 5.32. The summed E-state index contributed by atoms with van der Waals surface area (Å²) in [6, 6.07) is 0. The smallest absolute Gasteiger partial charge is 0.0678 e. The third-order valence-corrected chi connectivity index (χ3v) is 12.1. The predicted molar refractivity (Wildman–Crippen MR) is 133 cm³/mol. The summed E-state index contributed by atoms with van der Waals surface area (Å²) in [6.45, 7) is 14.2. The van der Waals surface area contributed by atoms with E-state index in [9.17, 15) is 15.3 Å². The molecule has 0 spiro atoms. The molecule has 0 unspecified atom stereocenters. The van der Waals surface area contributed by atoms with Crippen molar-refractivity contribution in [2.45, 2.75) is 110 Å². The molecule has 1 heterocycles. The molecule has 1 aromatic rings. The molecule has 0 aromatic carbocycles. The summed E-state index contributed by atoms with van der Waals surface area (Å²) in [7, 11) is 0. The van der Waals surface area contributed by atoms with Crippen molar-refractivity contribution in [3.05, 3.63) is 23.8 Å². The number of aromatic nitrogens is 2. The van der Waals surface area contributed by atoms with Gasteiger partial charge < -0.3 is 15.3 Å². The molecular weight excluding hydrogens is 424 g/mol. The first kappa shape index (κ1) is 24.6. The van der Waals surface area contributed by atoms with Crippen molar-refractivity contribution in [1.29, 1.82) is 0 Å². The number of rotatable bonds is 4. The normalized spacial score (nSPS) is 46.6. The van der Waals surface area contributed by atoms with Crippen LogP contribution in [0, 0.1) is 39.9 Å². The Bertz CT molecular complexity index is 947. The van der Waals surface area contributed by atoms with E-state index in [1.807, 2.05) is 19.3 Å². The number of hydrogen-bond acceptors (Lipinski definition) is 5. The van der Waals surface area contributed by atoms with Gasteiger partial charge in [0.1, 0.15) is 0 Å². The lowest BCUT2D eigenvalue weighted by Gasteiger charge is -2.69. The lowest BCUT2D eigenvalue weighted by Crippen LogP contribution is -2.66. The Labute approximate surface area is 205 Å².